The van der Waals surface area contributed by atoms with Gasteiger partial charge in [0.25, 0.3) is 0 Å². The first-order valence-corrected chi connectivity index (χ1v) is 6.92. The molecule has 1 heterocycles. The molecule has 0 amide bonds. The van der Waals surface area contributed by atoms with Gasteiger partial charge in [-0.3, -0.25) is 0 Å². The second-order valence-electron chi connectivity index (χ2n) is 4.93. The van der Waals surface area contributed by atoms with Crippen molar-refractivity contribution in [3.8, 4) is 0 Å². The Kier molecular flexibility index (Phi) is 5.04. The van der Waals surface area contributed by atoms with E-state index in [0.717, 1.165) is 43.4 Å². The molecule has 0 aliphatic carbocycles. The van der Waals surface area contributed by atoms with Gasteiger partial charge in [0, 0.05) is 42.9 Å². The quantitative estimate of drug-likeness (QED) is 0.849. The SMILES string of the molecule is COCC1CCN(c2cc(Cl)ccc2/C=C/C(=O)O)C1. The molecule has 1 saturated heterocycles. The molecule has 1 unspecified atom stereocenters. The Morgan fingerprint density at radius 3 is 3.10 bits per heavy atom. The van der Waals surface area contributed by atoms with E-state index in [2.05, 4.69) is 4.90 Å². The maximum atomic E-state index is 10.7. The number of halogens is 1. The third kappa shape index (κ3) is 3.74. The van der Waals surface area contributed by atoms with Crippen LogP contribution in [0.15, 0.2) is 24.3 Å². The molecule has 0 bridgehead atoms. The Labute approximate surface area is 123 Å². The fourth-order valence-electron chi connectivity index (χ4n) is 2.52. The van der Waals surface area contributed by atoms with E-state index in [1.807, 2.05) is 12.1 Å². The van der Waals surface area contributed by atoms with Crippen molar-refractivity contribution in [2.75, 3.05) is 31.7 Å². The fraction of sp³-hybridized carbons (Fsp3) is 0.400. The van der Waals surface area contributed by atoms with Crippen LogP contribution in [0.2, 0.25) is 5.02 Å². The summed E-state index contributed by atoms with van der Waals surface area (Å²) in [6, 6.07) is 5.51. The van der Waals surface area contributed by atoms with Crippen molar-refractivity contribution in [3.63, 3.8) is 0 Å². The standard InChI is InChI=1S/C15H18ClNO3/c1-20-10-11-6-7-17(9-11)14-8-13(16)4-2-12(14)3-5-15(18)19/h2-5,8,11H,6-7,9-10H2,1H3,(H,18,19)/b5-3+. The lowest BCUT2D eigenvalue weighted by atomic mass is 10.1. The molecule has 108 valence electrons. The summed E-state index contributed by atoms with van der Waals surface area (Å²) in [6.07, 6.45) is 3.83. The summed E-state index contributed by atoms with van der Waals surface area (Å²) in [5.74, 6) is -0.445. The number of aliphatic carboxylic acids is 1. The van der Waals surface area contributed by atoms with Gasteiger partial charge in [-0.1, -0.05) is 17.7 Å². The highest BCUT2D eigenvalue weighted by Gasteiger charge is 2.23. The first kappa shape index (κ1) is 14.9. The average molecular weight is 296 g/mol. The molecule has 0 spiro atoms. The normalized spacial score (nSPS) is 18.9. The number of nitrogens with zero attached hydrogens (tertiary/aromatic N) is 1. The Hall–Kier alpha value is -1.52. The summed E-state index contributed by atoms with van der Waals surface area (Å²) in [7, 11) is 1.71. The predicted octanol–water partition coefficient (Wildman–Crippen LogP) is 2.91. The first-order valence-electron chi connectivity index (χ1n) is 6.54. The van der Waals surface area contributed by atoms with Crippen LogP contribution in [0.1, 0.15) is 12.0 Å². The van der Waals surface area contributed by atoms with Gasteiger partial charge in [0.2, 0.25) is 0 Å². The lowest BCUT2D eigenvalue weighted by Gasteiger charge is -2.21. The number of anilines is 1. The lowest BCUT2D eigenvalue weighted by Crippen LogP contribution is -2.21. The van der Waals surface area contributed by atoms with E-state index in [-0.39, 0.29) is 0 Å². The van der Waals surface area contributed by atoms with Gasteiger partial charge < -0.3 is 14.7 Å². The molecular formula is C15H18ClNO3. The number of rotatable bonds is 5. The van der Waals surface area contributed by atoms with Crippen LogP contribution in [0.3, 0.4) is 0 Å². The summed E-state index contributed by atoms with van der Waals surface area (Å²) in [5.41, 5.74) is 1.85. The number of carbonyl (C=O) groups is 1. The predicted molar refractivity (Wildman–Crippen MR) is 80.3 cm³/mol. The molecule has 2 rings (SSSR count). The molecule has 1 aliphatic heterocycles. The lowest BCUT2D eigenvalue weighted by molar-refractivity contribution is -0.131. The second-order valence-corrected chi connectivity index (χ2v) is 5.37. The molecular weight excluding hydrogens is 278 g/mol. The molecule has 20 heavy (non-hydrogen) atoms. The fourth-order valence-corrected chi connectivity index (χ4v) is 2.68. The van der Waals surface area contributed by atoms with Crippen LogP contribution >= 0.6 is 11.6 Å². The zero-order valence-corrected chi connectivity index (χ0v) is 12.1. The highest BCUT2D eigenvalue weighted by atomic mass is 35.5. The van der Waals surface area contributed by atoms with E-state index >= 15 is 0 Å². The Bertz CT molecular complexity index is 516. The summed E-state index contributed by atoms with van der Waals surface area (Å²) >= 11 is 6.06. The van der Waals surface area contributed by atoms with Gasteiger partial charge in [-0.15, -0.1) is 0 Å². The molecule has 1 aromatic carbocycles. The highest BCUT2D eigenvalue weighted by Crippen LogP contribution is 2.30. The molecule has 4 nitrogen and oxygen atoms in total. The summed E-state index contributed by atoms with van der Waals surface area (Å²) in [4.78, 5) is 12.9. The van der Waals surface area contributed by atoms with Gasteiger partial charge in [-0.25, -0.2) is 4.79 Å². The van der Waals surface area contributed by atoms with Crippen LogP contribution in [0.4, 0.5) is 5.69 Å². The van der Waals surface area contributed by atoms with Crippen molar-refractivity contribution in [2.24, 2.45) is 5.92 Å². The van der Waals surface area contributed by atoms with Crippen LogP contribution in [-0.2, 0) is 9.53 Å². The second kappa shape index (κ2) is 6.77. The number of hydrogen-bond acceptors (Lipinski definition) is 3. The molecule has 5 heteroatoms. The number of hydrogen-bond donors (Lipinski definition) is 1. The maximum absolute atomic E-state index is 10.7. The van der Waals surface area contributed by atoms with Crippen LogP contribution in [0.5, 0.6) is 0 Å². The van der Waals surface area contributed by atoms with Crippen LogP contribution in [-0.4, -0.2) is 37.9 Å². The summed E-state index contributed by atoms with van der Waals surface area (Å²) in [5, 5.41) is 9.41. The molecule has 1 aliphatic rings. The largest absolute Gasteiger partial charge is 0.478 e. The highest BCUT2D eigenvalue weighted by molar-refractivity contribution is 6.31. The van der Waals surface area contributed by atoms with Crippen molar-refractivity contribution >= 4 is 29.3 Å². The molecule has 1 fully saturated rings. The Balaban J connectivity index is 2.21. The third-order valence-electron chi connectivity index (χ3n) is 3.43. The van der Waals surface area contributed by atoms with Gasteiger partial charge in [0.1, 0.15) is 0 Å². The van der Waals surface area contributed by atoms with Gasteiger partial charge in [-0.2, -0.15) is 0 Å². The molecule has 1 atom stereocenters. The maximum Gasteiger partial charge on any atom is 0.328 e. The topological polar surface area (TPSA) is 49.8 Å². The van der Waals surface area contributed by atoms with Crippen molar-refractivity contribution in [3.05, 3.63) is 34.9 Å². The molecule has 1 N–H and O–H groups in total. The molecule has 0 aromatic heterocycles. The zero-order chi connectivity index (χ0) is 14.5. The zero-order valence-electron chi connectivity index (χ0n) is 11.4. The monoisotopic (exact) mass is 295 g/mol. The number of methoxy groups -OCH3 is 1. The molecule has 0 saturated carbocycles. The number of ether oxygens (including phenoxy) is 1. The smallest absolute Gasteiger partial charge is 0.328 e. The van der Waals surface area contributed by atoms with Gasteiger partial charge >= 0.3 is 5.97 Å². The van der Waals surface area contributed by atoms with Gasteiger partial charge in [0.15, 0.2) is 0 Å². The van der Waals surface area contributed by atoms with Gasteiger partial charge in [-0.05, 0) is 30.2 Å². The van der Waals surface area contributed by atoms with Gasteiger partial charge in [0.05, 0.1) is 6.61 Å². The van der Waals surface area contributed by atoms with E-state index in [1.165, 1.54) is 0 Å². The Morgan fingerprint density at radius 1 is 1.60 bits per heavy atom. The van der Waals surface area contributed by atoms with Crippen molar-refractivity contribution < 1.29 is 14.6 Å². The number of carboxylic acid groups (broad SMARTS) is 1. The van der Waals surface area contributed by atoms with Crippen LogP contribution in [0.25, 0.3) is 6.08 Å². The van der Waals surface area contributed by atoms with Crippen molar-refractivity contribution in [1.82, 2.24) is 0 Å². The van der Waals surface area contributed by atoms with E-state index in [1.54, 1.807) is 19.3 Å². The minimum Gasteiger partial charge on any atom is -0.478 e. The Morgan fingerprint density at radius 2 is 2.40 bits per heavy atom. The van der Waals surface area contributed by atoms with E-state index in [4.69, 9.17) is 21.4 Å². The van der Waals surface area contributed by atoms with E-state index in [0.29, 0.717) is 10.9 Å². The van der Waals surface area contributed by atoms with Crippen LogP contribution < -0.4 is 4.90 Å². The minimum atomic E-state index is -0.954. The van der Waals surface area contributed by atoms with Crippen molar-refractivity contribution in [2.45, 2.75) is 6.42 Å². The number of carboxylic acids is 1. The summed E-state index contributed by atoms with van der Waals surface area (Å²) < 4.78 is 5.20. The molecule has 1 aromatic rings. The third-order valence-corrected chi connectivity index (χ3v) is 3.66. The number of benzene rings is 1. The molecule has 0 radical (unpaired) electrons. The van der Waals surface area contributed by atoms with Crippen LogP contribution in [0, 0.1) is 5.92 Å². The van der Waals surface area contributed by atoms with Crippen molar-refractivity contribution in [1.29, 1.82) is 0 Å². The van der Waals surface area contributed by atoms with E-state index < -0.39 is 5.97 Å². The first-order chi connectivity index (χ1) is 9.60. The average Bonchev–Trinajstić information content (AvgIpc) is 2.86. The van der Waals surface area contributed by atoms with E-state index in [9.17, 15) is 4.79 Å². The summed E-state index contributed by atoms with van der Waals surface area (Å²) in [6.45, 7) is 2.59. The minimum absolute atomic E-state index is 0.510.